The molecule has 0 radical (unpaired) electrons. The van der Waals surface area contributed by atoms with Crippen LogP contribution in [0, 0.1) is 20.8 Å². The molecular formula is C15H18Cl2N2. The number of hydrogen-bond donors (Lipinski definition) is 1. The summed E-state index contributed by atoms with van der Waals surface area (Å²) in [5.41, 5.74) is 4.92. The minimum absolute atomic E-state index is 0.652. The Kier molecular flexibility index (Phi) is 4.22. The van der Waals surface area contributed by atoms with Gasteiger partial charge in [0.1, 0.15) is 0 Å². The lowest BCUT2D eigenvalue weighted by molar-refractivity contribution is 0.977. The van der Waals surface area contributed by atoms with Gasteiger partial charge in [-0.3, -0.25) is 4.98 Å². The Morgan fingerprint density at radius 3 is 2.53 bits per heavy atom. The molecule has 0 unspecified atom stereocenters. The molecule has 0 aliphatic carbocycles. The summed E-state index contributed by atoms with van der Waals surface area (Å²) in [5, 5.41) is 5.77. The number of aryl methyl sites for hydroxylation is 2. The van der Waals surface area contributed by atoms with E-state index in [0.29, 0.717) is 5.02 Å². The quantitative estimate of drug-likeness (QED) is 0.832. The van der Waals surface area contributed by atoms with Gasteiger partial charge in [-0.05, 0) is 44.4 Å². The average molecular weight is 297 g/mol. The maximum Gasteiger partial charge on any atom is 0.0927 e. The lowest BCUT2D eigenvalue weighted by Crippen LogP contribution is -2.05. The lowest BCUT2D eigenvalue weighted by Gasteiger charge is -2.17. The number of hydrogen-bond acceptors (Lipinski definition) is 2. The van der Waals surface area contributed by atoms with Gasteiger partial charge in [-0.2, -0.15) is 0 Å². The molecule has 0 bridgehead atoms. The predicted molar refractivity (Wildman–Crippen MR) is 84.8 cm³/mol. The van der Waals surface area contributed by atoms with Crippen molar-refractivity contribution in [2.24, 2.45) is 0 Å². The Bertz CT molecular complexity index is 636. The number of fused-ring (bicyclic) bond motifs is 1. The van der Waals surface area contributed by atoms with Gasteiger partial charge >= 0.3 is 0 Å². The van der Waals surface area contributed by atoms with Crippen LogP contribution in [-0.4, -0.2) is 11.5 Å². The summed E-state index contributed by atoms with van der Waals surface area (Å²) < 4.78 is 0. The molecule has 0 saturated heterocycles. The van der Waals surface area contributed by atoms with Gasteiger partial charge in [0.25, 0.3) is 0 Å². The maximum absolute atomic E-state index is 6.47. The predicted octanol–water partition coefficient (Wildman–Crippen LogP) is 5.29. The highest BCUT2D eigenvalue weighted by molar-refractivity contribution is 6.41. The molecule has 4 heteroatoms. The Morgan fingerprint density at radius 1 is 1.21 bits per heavy atom. The third kappa shape index (κ3) is 2.52. The van der Waals surface area contributed by atoms with Crippen LogP contribution in [0.5, 0.6) is 0 Å². The number of nitrogens with zero attached hydrogens (tertiary/aromatic N) is 1. The van der Waals surface area contributed by atoms with E-state index in [2.05, 4.69) is 24.1 Å². The third-order valence-electron chi connectivity index (χ3n) is 3.37. The number of aromatic nitrogens is 1. The van der Waals surface area contributed by atoms with E-state index in [1.165, 1.54) is 0 Å². The van der Waals surface area contributed by atoms with Gasteiger partial charge < -0.3 is 5.32 Å². The number of halogens is 2. The minimum atomic E-state index is 0.652. The standard InChI is InChI=1S/C15H18Cl2N2/c1-5-6-18-14-9(3)10(4)19-15-11(16)7-8(2)13(17)12(14)15/h7H,5-6H2,1-4H3,(H,18,19). The van der Waals surface area contributed by atoms with Crippen LogP contribution in [0.3, 0.4) is 0 Å². The van der Waals surface area contributed by atoms with Crippen molar-refractivity contribution in [2.45, 2.75) is 34.1 Å². The van der Waals surface area contributed by atoms with Crippen molar-refractivity contribution in [3.8, 4) is 0 Å². The number of pyridine rings is 1. The van der Waals surface area contributed by atoms with E-state index in [-0.39, 0.29) is 0 Å². The molecule has 1 aromatic carbocycles. The van der Waals surface area contributed by atoms with Crippen molar-refractivity contribution in [2.75, 3.05) is 11.9 Å². The van der Waals surface area contributed by atoms with E-state index in [4.69, 9.17) is 23.2 Å². The zero-order chi connectivity index (χ0) is 14.2. The smallest absolute Gasteiger partial charge is 0.0927 e. The fourth-order valence-electron chi connectivity index (χ4n) is 2.17. The molecule has 0 saturated carbocycles. The van der Waals surface area contributed by atoms with Gasteiger partial charge in [0, 0.05) is 23.3 Å². The van der Waals surface area contributed by atoms with Gasteiger partial charge in [0.2, 0.25) is 0 Å². The summed E-state index contributed by atoms with van der Waals surface area (Å²) in [6.45, 7) is 9.06. The molecule has 0 aliphatic rings. The lowest BCUT2D eigenvalue weighted by atomic mass is 10.0. The highest BCUT2D eigenvalue weighted by atomic mass is 35.5. The fourth-order valence-corrected chi connectivity index (χ4v) is 2.71. The molecule has 2 rings (SSSR count). The first kappa shape index (κ1) is 14.4. The molecule has 1 heterocycles. The van der Waals surface area contributed by atoms with Crippen molar-refractivity contribution in [1.82, 2.24) is 4.98 Å². The Labute approximate surface area is 124 Å². The highest BCUT2D eigenvalue weighted by Gasteiger charge is 2.16. The molecule has 19 heavy (non-hydrogen) atoms. The molecule has 102 valence electrons. The molecule has 0 amide bonds. The van der Waals surface area contributed by atoms with E-state index >= 15 is 0 Å². The highest BCUT2D eigenvalue weighted by Crippen LogP contribution is 2.38. The molecule has 0 fully saturated rings. The minimum Gasteiger partial charge on any atom is -0.384 e. The normalized spacial score (nSPS) is 11.1. The summed E-state index contributed by atoms with van der Waals surface area (Å²) in [5.74, 6) is 0. The zero-order valence-corrected chi connectivity index (χ0v) is 13.2. The second-order valence-electron chi connectivity index (χ2n) is 4.84. The Morgan fingerprint density at radius 2 is 1.89 bits per heavy atom. The van der Waals surface area contributed by atoms with Crippen molar-refractivity contribution in [1.29, 1.82) is 0 Å². The van der Waals surface area contributed by atoms with Crippen molar-refractivity contribution >= 4 is 39.8 Å². The molecule has 2 aromatic rings. The van der Waals surface area contributed by atoms with Crippen LogP contribution in [0.4, 0.5) is 5.69 Å². The summed E-state index contributed by atoms with van der Waals surface area (Å²) in [7, 11) is 0. The molecule has 0 atom stereocenters. The van der Waals surface area contributed by atoms with E-state index < -0.39 is 0 Å². The number of nitrogens with one attached hydrogen (secondary N) is 1. The van der Waals surface area contributed by atoms with Crippen LogP contribution in [0.2, 0.25) is 10.0 Å². The molecule has 2 nitrogen and oxygen atoms in total. The summed E-state index contributed by atoms with van der Waals surface area (Å²) in [6.07, 6.45) is 1.06. The first-order chi connectivity index (χ1) is 8.97. The first-order valence-corrected chi connectivity index (χ1v) is 7.22. The van der Waals surface area contributed by atoms with Crippen molar-refractivity contribution < 1.29 is 0 Å². The van der Waals surface area contributed by atoms with E-state index in [1.807, 2.05) is 19.9 Å². The molecule has 1 aromatic heterocycles. The van der Waals surface area contributed by atoms with Gasteiger partial charge in [-0.25, -0.2) is 0 Å². The Hall–Kier alpha value is -0.990. The fraction of sp³-hybridized carbons (Fsp3) is 0.400. The molecule has 0 spiro atoms. The first-order valence-electron chi connectivity index (χ1n) is 6.46. The van der Waals surface area contributed by atoms with Crippen molar-refractivity contribution in [3.63, 3.8) is 0 Å². The largest absolute Gasteiger partial charge is 0.384 e. The van der Waals surface area contributed by atoms with Crippen LogP contribution in [0.1, 0.15) is 30.2 Å². The van der Waals surface area contributed by atoms with Gasteiger partial charge in [0.05, 0.1) is 15.6 Å². The second kappa shape index (κ2) is 5.56. The molecular weight excluding hydrogens is 279 g/mol. The number of rotatable bonds is 3. The van der Waals surface area contributed by atoms with E-state index in [0.717, 1.165) is 51.4 Å². The van der Waals surface area contributed by atoms with E-state index in [1.54, 1.807) is 0 Å². The summed E-state index contributed by atoms with van der Waals surface area (Å²) in [6, 6.07) is 1.87. The van der Waals surface area contributed by atoms with Crippen LogP contribution in [0.25, 0.3) is 10.9 Å². The van der Waals surface area contributed by atoms with Crippen LogP contribution < -0.4 is 5.32 Å². The molecule has 0 aliphatic heterocycles. The van der Waals surface area contributed by atoms with Crippen LogP contribution >= 0.6 is 23.2 Å². The van der Waals surface area contributed by atoms with Gasteiger partial charge in [0.15, 0.2) is 0 Å². The van der Waals surface area contributed by atoms with Crippen molar-refractivity contribution in [3.05, 3.63) is 32.9 Å². The summed E-state index contributed by atoms with van der Waals surface area (Å²) in [4.78, 5) is 4.59. The van der Waals surface area contributed by atoms with Gasteiger partial charge in [-0.1, -0.05) is 30.1 Å². The topological polar surface area (TPSA) is 24.9 Å². The van der Waals surface area contributed by atoms with E-state index in [9.17, 15) is 0 Å². The SMILES string of the molecule is CCCNc1c(C)c(C)nc2c(Cl)cc(C)c(Cl)c12. The zero-order valence-electron chi connectivity index (χ0n) is 11.7. The van der Waals surface area contributed by atoms with Crippen LogP contribution in [0.15, 0.2) is 6.07 Å². The monoisotopic (exact) mass is 296 g/mol. The average Bonchev–Trinajstić information content (AvgIpc) is 2.37. The second-order valence-corrected chi connectivity index (χ2v) is 5.62. The Balaban J connectivity index is 2.85. The number of benzene rings is 1. The number of anilines is 1. The molecule has 1 N–H and O–H groups in total. The van der Waals surface area contributed by atoms with Gasteiger partial charge in [-0.15, -0.1) is 0 Å². The summed E-state index contributed by atoms with van der Waals surface area (Å²) >= 11 is 12.8. The maximum atomic E-state index is 6.47. The third-order valence-corrected chi connectivity index (χ3v) is 4.15. The van der Waals surface area contributed by atoms with Crippen LogP contribution in [-0.2, 0) is 0 Å².